The standard InChI is InChI=1S/C15H19ClF3NO/c1-21-13-11(15(17,18)19)7-10(8-12(13)16)14(9-20)5-3-2-4-6-14/h7-8H,2-6,9,20H2,1H3. The van der Waals surface area contributed by atoms with E-state index in [1.54, 1.807) is 6.07 Å². The summed E-state index contributed by atoms with van der Waals surface area (Å²) < 4.78 is 44.5. The van der Waals surface area contributed by atoms with Gasteiger partial charge < -0.3 is 10.5 Å². The highest BCUT2D eigenvalue weighted by molar-refractivity contribution is 6.32. The highest BCUT2D eigenvalue weighted by atomic mass is 35.5. The summed E-state index contributed by atoms with van der Waals surface area (Å²) in [5.41, 5.74) is 5.23. The first-order valence-corrected chi connectivity index (χ1v) is 7.37. The van der Waals surface area contributed by atoms with Crippen molar-refractivity contribution in [2.24, 2.45) is 5.73 Å². The number of alkyl halides is 3. The number of halogens is 4. The molecule has 0 spiro atoms. The van der Waals surface area contributed by atoms with E-state index in [0.29, 0.717) is 12.1 Å². The Labute approximate surface area is 127 Å². The lowest BCUT2D eigenvalue weighted by Gasteiger charge is -2.37. The molecule has 6 heteroatoms. The molecule has 0 aliphatic heterocycles. The van der Waals surface area contributed by atoms with Gasteiger partial charge in [-0.05, 0) is 30.5 Å². The Hall–Kier alpha value is -0.940. The van der Waals surface area contributed by atoms with E-state index in [1.807, 2.05) is 0 Å². The normalized spacial score (nSPS) is 18.6. The molecular weight excluding hydrogens is 303 g/mol. The van der Waals surface area contributed by atoms with Crippen LogP contribution in [-0.2, 0) is 11.6 Å². The van der Waals surface area contributed by atoms with Crippen molar-refractivity contribution < 1.29 is 17.9 Å². The van der Waals surface area contributed by atoms with E-state index in [-0.39, 0.29) is 10.8 Å². The summed E-state index contributed by atoms with van der Waals surface area (Å²) >= 11 is 6.01. The van der Waals surface area contributed by atoms with Crippen LogP contribution in [-0.4, -0.2) is 13.7 Å². The molecule has 2 nitrogen and oxygen atoms in total. The van der Waals surface area contributed by atoms with Crippen LogP contribution < -0.4 is 10.5 Å². The molecule has 21 heavy (non-hydrogen) atoms. The van der Waals surface area contributed by atoms with Crippen LogP contribution in [0.4, 0.5) is 13.2 Å². The molecule has 0 bridgehead atoms. The monoisotopic (exact) mass is 321 g/mol. The number of ether oxygens (including phenoxy) is 1. The van der Waals surface area contributed by atoms with Gasteiger partial charge in [0.05, 0.1) is 17.7 Å². The minimum atomic E-state index is -4.50. The van der Waals surface area contributed by atoms with Gasteiger partial charge in [-0.1, -0.05) is 30.9 Å². The number of hydrogen-bond donors (Lipinski definition) is 1. The smallest absolute Gasteiger partial charge is 0.420 e. The Morgan fingerprint density at radius 2 is 1.86 bits per heavy atom. The van der Waals surface area contributed by atoms with E-state index in [4.69, 9.17) is 22.1 Å². The zero-order chi connectivity index (χ0) is 15.7. The molecular formula is C15H19ClF3NO. The number of methoxy groups -OCH3 is 1. The van der Waals surface area contributed by atoms with Crippen molar-refractivity contribution in [1.29, 1.82) is 0 Å². The van der Waals surface area contributed by atoms with Crippen molar-refractivity contribution in [3.8, 4) is 5.75 Å². The third-order valence-corrected chi connectivity index (χ3v) is 4.65. The molecule has 1 aromatic rings. The van der Waals surface area contributed by atoms with Crippen LogP contribution in [0.2, 0.25) is 5.02 Å². The summed E-state index contributed by atoms with van der Waals surface area (Å²) in [5.74, 6) is -0.323. The molecule has 2 N–H and O–H groups in total. The minimum Gasteiger partial charge on any atom is -0.495 e. The predicted octanol–water partition coefficient (Wildman–Crippen LogP) is 4.53. The Bertz CT molecular complexity index is 510. The van der Waals surface area contributed by atoms with Gasteiger partial charge in [0.2, 0.25) is 0 Å². The lowest BCUT2D eigenvalue weighted by Crippen LogP contribution is -2.37. The van der Waals surface area contributed by atoms with Crippen LogP contribution in [0.1, 0.15) is 43.2 Å². The third kappa shape index (κ3) is 3.14. The summed E-state index contributed by atoms with van der Waals surface area (Å²) in [6.45, 7) is 0.326. The van der Waals surface area contributed by atoms with Crippen LogP contribution in [0.5, 0.6) is 5.75 Å². The highest BCUT2D eigenvalue weighted by Crippen LogP contribution is 2.46. The lowest BCUT2D eigenvalue weighted by atomic mass is 9.69. The Morgan fingerprint density at radius 1 is 1.24 bits per heavy atom. The maximum absolute atomic E-state index is 13.2. The molecule has 0 radical (unpaired) electrons. The Balaban J connectivity index is 2.57. The summed E-state index contributed by atoms with van der Waals surface area (Å²) in [5, 5.41) is -0.0132. The average molecular weight is 322 g/mol. The molecule has 0 heterocycles. The quantitative estimate of drug-likeness (QED) is 0.887. The van der Waals surface area contributed by atoms with Gasteiger partial charge in [-0.15, -0.1) is 0 Å². The zero-order valence-corrected chi connectivity index (χ0v) is 12.7. The van der Waals surface area contributed by atoms with Crippen molar-refractivity contribution in [2.75, 3.05) is 13.7 Å². The second-order valence-electron chi connectivity index (χ2n) is 5.58. The van der Waals surface area contributed by atoms with E-state index >= 15 is 0 Å². The van der Waals surface area contributed by atoms with Crippen molar-refractivity contribution in [3.63, 3.8) is 0 Å². The zero-order valence-electron chi connectivity index (χ0n) is 11.9. The van der Waals surface area contributed by atoms with Gasteiger partial charge in [0.1, 0.15) is 5.75 Å². The highest BCUT2D eigenvalue weighted by Gasteiger charge is 2.39. The molecule has 1 fully saturated rings. The van der Waals surface area contributed by atoms with Crippen LogP contribution in [0.3, 0.4) is 0 Å². The summed E-state index contributed by atoms with van der Waals surface area (Å²) in [6, 6.07) is 2.73. The largest absolute Gasteiger partial charge is 0.495 e. The maximum atomic E-state index is 13.2. The fourth-order valence-electron chi connectivity index (χ4n) is 3.16. The van der Waals surface area contributed by atoms with Crippen molar-refractivity contribution in [2.45, 2.75) is 43.7 Å². The van der Waals surface area contributed by atoms with Crippen LogP contribution >= 0.6 is 11.6 Å². The summed E-state index contributed by atoms with van der Waals surface area (Å²) in [6.07, 6.45) is 0.129. The van der Waals surface area contributed by atoms with Gasteiger partial charge in [-0.25, -0.2) is 0 Å². The van der Waals surface area contributed by atoms with Gasteiger partial charge >= 0.3 is 6.18 Å². The average Bonchev–Trinajstić information content (AvgIpc) is 2.46. The molecule has 0 aromatic heterocycles. The maximum Gasteiger partial charge on any atom is 0.420 e. The van der Waals surface area contributed by atoms with Crippen LogP contribution in [0, 0.1) is 0 Å². The molecule has 2 rings (SSSR count). The Morgan fingerprint density at radius 3 is 2.33 bits per heavy atom. The molecule has 1 saturated carbocycles. The molecule has 1 aromatic carbocycles. The lowest BCUT2D eigenvalue weighted by molar-refractivity contribution is -0.138. The van der Waals surface area contributed by atoms with E-state index in [1.165, 1.54) is 7.11 Å². The first-order chi connectivity index (χ1) is 9.84. The van der Waals surface area contributed by atoms with E-state index in [0.717, 1.165) is 38.2 Å². The van der Waals surface area contributed by atoms with Gasteiger partial charge in [0.15, 0.2) is 0 Å². The number of nitrogens with two attached hydrogens (primary N) is 1. The molecule has 0 atom stereocenters. The number of benzene rings is 1. The van der Waals surface area contributed by atoms with E-state index < -0.39 is 17.2 Å². The summed E-state index contributed by atoms with van der Waals surface area (Å²) in [4.78, 5) is 0. The van der Waals surface area contributed by atoms with Gasteiger partial charge in [0, 0.05) is 12.0 Å². The van der Waals surface area contributed by atoms with Crippen molar-refractivity contribution in [1.82, 2.24) is 0 Å². The minimum absolute atomic E-state index is 0.0132. The fourth-order valence-corrected chi connectivity index (χ4v) is 3.45. The Kier molecular flexibility index (Phi) is 4.73. The van der Waals surface area contributed by atoms with Crippen LogP contribution in [0.15, 0.2) is 12.1 Å². The molecule has 0 amide bonds. The van der Waals surface area contributed by atoms with Gasteiger partial charge in [-0.3, -0.25) is 0 Å². The SMILES string of the molecule is COc1c(Cl)cc(C2(CN)CCCCC2)cc1C(F)(F)F. The molecule has 0 saturated heterocycles. The van der Waals surface area contributed by atoms with Gasteiger partial charge in [0.25, 0.3) is 0 Å². The first-order valence-electron chi connectivity index (χ1n) is 6.99. The van der Waals surface area contributed by atoms with E-state index in [2.05, 4.69) is 0 Å². The molecule has 0 unspecified atom stereocenters. The summed E-state index contributed by atoms with van der Waals surface area (Å²) in [7, 11) is 1.19. The number of hydrogen-bond acceptors (Lipinski definition) is 2. The molecule has 1 aliphatic rings. The first kappa shape index (κ1) is 16.4. The van der Waals surface area contributed by atoms with Crippen molar-refractivity contribution >= 4 is 11.6 Å². The topological polar surface area (TPSA) is 35.2 Å². The number of rotatable bonds is 3. The predicted molar refractivity (Wildman–Crippen MR) is 76.8 cm³/mol. The third-order valence-electron chi connectivity index (χ3n) is 4.37. The van der Waals surface area contributed by atoms with Gasteiger partial charge in [-0.2, -0.15) is 13.2 Å². The molecule has 118 valence electrons. The second kappa shape index (κ2) is 6.05. The second-order valence-corrected chi connectivity index (χ2v) is 5.99. The van der Waals surface area contributed by atoms with E-state index in [9.17, 15) is 13.2 Å². The van der Waals surface area contributed by atoms with Crippen LogP contribution in [0.25, 0.3) is 0 Å². The molecule has 1 aliphatic carbocycles. The fraction of sp³-hybridized carbons (Fsp3) is 0.600. The van der Waals surface area contributed by atoms with Crippen molar-refractivity contribution in [3.05, 3.63) is 28.3 Å².